The number of amides is 1. The van der Waals surface area contributed by atoms with Gasteiger partial charge in [-0.3, -0.25) is 9.59 Å². The Balaban J connectivity index is 1.94. The van der Waals surface area contributed by atoms with Crippen molar-refractivity contribution in [2.45, 2.75) is 6.54 Å². The molecule has 1 heterocycles. The fraction of sp³-hybridized carbons (Fsp3) is 0.167. The van der Waals surface area contributed by atoms with Gasteiger partial charge in [-0.1, -0.05) is 22.9 Å². The van der Waals surface area contributed by atoms with Crippen LogP contribution in [0.5, 0.6) is 5.75 Å². The first-order valence-electron chi connectivity index (χ1n) is 7.88. The predicted molar refractivity (Wildman–Crippen MR) is 99.3 cm³/mol. The lowest BCUT2D eigenvalue weighted by Crippen LogP contribution is -2.24. The van der Waals surface area contributed by atoms with E-state index in [1.54, 1.807) is 24.3 Å². The molecule has 28 heavy (non-hydrogen) atoms. The highest BCUT2D eigenvalue weighted by Gasteiger charge is 2.16. The van der Waals surface area contributed by atoms with Gasteiger partial charge in [-0.2, -0.15) is 4.99 Å². The van der Waals surface area contributed by atoms with Gasteiger partial charge in [0.15, 0.2) is 17.2 Å². The van der Waals surface area contributed by atoms with Crippen LogP contribution in [0.1, 0.15) is 0 Å². The van der Waals surface area contributed by atoms with Gasteiger partial charge in [0, 0.05) is 11.1 Å². The Labute approximate surface area is 166 Å². The number of fused-ring (bicyclic) bond motifs is 1. The first kappa shape index (κ1) is 20.0. The Morgan fingerprint density at radius 3 is 2.61 bits per heavy atom. The molecule has 0 N–H and O–H groups in total. The average molecular weight is 427 g/mol. The van der Waals surface area contributed by atoms with E-state index in [4.69, 9.17) is 16.3 Å². The van der Waals surface area contributed by atoms with Crippen LogP contribution < -0.4 is 9.54 Å². The quantitative estimate of drug-likeness (QED) is 0.587. The SMILES string of the molecule is COC(=O)Cn1c(=NC(=O)COc2ccc(Cl)cc2)sc2cc(F)cc(F)c21. The molecule has 0 atom stereocenters. The Bertz CT molecular complexity index is 1110. The van der Waals surface area contributed by atoms with Crippen molar-refractivity contribution in [3.8, 4) is 5.75 Å². The second kappa shape index (κ2) is 8.49. The van der Waals surface area contributed by atoms with E-state index >= 15 is 0 Å². The molecule has 0 aliphatic rings. The maximum atomic E-state index is 14.2. The molecule has 1 amide bonds. The minimum Gasteiger partial charge on any atom is -0.484 e. The minimum atomic E-state index is -0.874. The van der Waals surface area contributed by atoms with Crippen LogP contribution in [-0.4, -0.2) is 30.2 Å². The molecule has 6 nitrogen and oxygen atoms in total. The standard InChI is InChI=1S/C18H13ClF2N2O4S/c1-26-16(25)8-23-17-13(21)6-11(20)7-14(17)28-18(23)22-15(24)9-27-12-4-2-10(19)3-5-12/h2-7H,8-9H2,1H3. The number of methoxy groups -OCH3 is 1. The normalized spacial score (nSPS) is 11.6. The van der Waals surface area contributed by atoms with Crippen LogP contribution in [-0.2, 0) is 20.9 Å². The number of esters is 1. The second-order valence-electron chi connectivity index (χ2n) is 5.53. The fourth-order valence-electron chi connectivity index (χ4n) is 2.37. The van der Waals surface area contributed by atoms with Gasteiger partial charge in [-0.25, -0.2) is 8.78 Å². The summed E-state index contributed by atoms with van der Waals surface area (Å²) in [6.07, 6.45) is 0. The molecule has 1 aromatic heterocycles. The highest BCUT2D eigenvalue weighted by molar-refractivity contribution is 7.16. The number of hydrogen-bond donors (Lipinski definition) is 0. The number of nitrogens with zero attached hydrogens (tertiary/aromatic N) is 2. The van der Waals surface area contributed by atoms with Crippen LogP contribution in [0.25, 0.3) is 10.2 Å². The van der Waals surface area contributed by atoms with E-state index < -0.39 is 23.5 Å². The molecule has 0 fully saturated rings. The summed E-state index contributed by atoms with van der Waals surface area (Å²) < 4.78 is 39.0. The van der Waals surface area contributed by atoms with E-state index in [9.17, 15) is 18.4 Å². The first-order chi connectivity index (χ1) is 13.4. The third kappa shape index (κ3) is 4.55. The monoisotopic (exact) mass is 426 g/mol. The van der Waals surface area contributed by atoms with Gasteiger partial charge < -0.3 is 14.0 Å². The van der Waals surface area contributed by atoms with Crippen LogP contribution in [0.4, 0.5) is 8.78 Å². The molecule has 0 unspecified atom stereocenters. The lowest BCUT2D eigenvalue weighted by molar-refractivity contribution is -0.141. The van der Waals surface area contributed by atoms with Crippen molar-refractivity contribution >= 4 is 45.0 Å². The zero-order valence-corrected chi connectivity index (χ0v) is 16.0. The van der Waals surface area contributed by atoms with Crippen molar-refractivity contribution < 1.29 is 27.8 Å². The van der Waals surface area contributed by atoms with Gasteiger partial charge in [-0.15, -0.1) is 0 Å². The van der Waals surface area contributed by atoms with Gasteiger partial charge in [-0.05, 0) is 30.3 Å². The summed E-state index contributed by atoms with van der Waals surface area (Å²) in [6, 6.07) is 8.18. The molecule has 146 valence electrons. The number of halogens is 3. The van der Waals surface area contributed by atoms with E-state index in [-0.39, 0.29) is 28.2 Å². The van der Waals surface area contributed by atoms with Crippen LogP contribution in [0, 0.1) is 11.6 Å². The molecule has 0 aliphatic carbocycles. The van der Waals surface area contributed by atoms with E-state index in [2.05, 4.69) is 9.73 Å². The summed E-state index contributed by atoms with van der Waals surface area (Å²) in [7, 11) is 1.18. The topological polar surface area (TPSA) is 69.9 Å². The predicted octanol–water partition coefficient (Wildman–Crippen LogP) is 3.31. The van der Waals surface area contributed by atoms with Crippen molar-refractivity contribution in [1.82, 2.24) is 4.57 Å². The maximum Gasteiger partial charge on any atom is 0.325 e. The molecule has 0 bridgehead atoms. The number of carbonyl (C=O) groups excluding carboxylic acids is 2. The molecule has 0 aliphatic heterocycles. The Hall–Kier alpha value is -2.78. The number of thiazole rings is 1. The molecule has 2 aromatic carbocycles. The summed E-state index contributed by atoms with van der Waals surface area (Å²) in [4.78, 5) is 27.8. The largest absolute Gasteiger partial charge is 0.484 e. The fourth-order valence-corrected chi connectivity index (χ4v) is 3.58. The lowest BCUT2D eigenvalue weighted by atomic mass is 10.3. The number of rotatable bonds is 5. The van der Waals surface area contributed by atoms with Crippen LogP contribution >= 0.6 is 22.9 Å². The molecule has 0 radical (unpaired) electrons. The average Bonchev–Trinajstić information content (AvgIpc) is 2.98. The maximum absolute atomic E-state index is 14.2. The molecule has 3 rings (SSSR count). The van der Waals surface area contributed by atoms with Crippen LogP contribution in [0.2, 0.25) is 5.02 Å². The van der Waals surface area contributed by atoms with Crippen molar-refractivity contribution in [3.05, 3.63) is 57.9 Å². The zero-order valence-electron chi connectivity index (χ0n) is 14.4. The Morgan fingerprint density at radius 1 is 1.21 bits per heavy atom. The minimum absolute atomic E-state index is 0.0228. The molecule has 3 aromatic rings. The number of ether oxygens (including phenoxy) is 2. The van der Waals surface area contributed by atoms with Gasteiger partial charge in [0.1, 0.15) is 18.1 Å². The van der Waals surface area contributed by atoms with Gasteiger partial charge in [0.05, 0.1) is 17.3 Å². The molecule has 0 spiro atoms. The number of carbonyl (C=O) groups is 2. The summed E-state index contributed by atoms with van der Waals surface area (Å²) in [6.45, 7) is -0.770. The lowest BCUT2D eigenvalue weighted by Gasteiger charge is -2.05. The smallest absolute Gasteiger partial charge is 0.325 e. The van der Waals surface area contributed by atoms with E-state index in [0.717, 1.165) is 17.4 Å². The summed E-state index contributed by atoms with van der Waals surface area (Å²) in [5, 5.41) is 0.520. The van der Waals surface area contributed by atoms with E-state index in [1.165, 1.54) is 11.7 Å². The highest BCUT2D eigenvalue weighted by Crippen LogP contribution is 2.22. The van der Waals surface area contributed by atoms with Gasteiger partial charge >= 0.3 is 5.97 Å². The Morgan fingerprint density at radius 2 is 1.93 bits per heavy atom. The number of hydrogen-bond acceptors (Lipinski definition) is 5. The summed E-state index contributed by atoms with van der Waals surface area (Å²) in [5.41, 5.74) is -0.0398. The van der Waals surface area contributed by atoms with Crippen molar-refractivity contribution in [2.24, 2.45) is 4.99 Å². The van der Waals surface area contributed by atoms with Crippen LogP contribution in [0.15, 0.2) is 41.4 Å². The molecule has 0 saturated heterocycles. The Kier molecular flexibility index (Phi) is 6.05. The third-order valence-corrected chi connectivity index (χ3v) is 4.88. The first-order valence-corrected chi connectivity index (χ1v) is 9.08. The van der Waals surface area contributed by atoms with E-state index in [0.29, 0.717) is 16.8 Å². The van der Waals surface area contributed by atoms with Crippen molar-refractivity contribution in [3.63, 3.8) is 0 Å². The molecule has 10 heteroatoms. The number of aromatic nitrogens is 1. The third-order valence-electron chi connectivity index (χ3n) is 3.61. The van der Waals surface area contributed by atoms with E-state index in [1.807, 2.05) is 0 Å². The molecular weight excluding hydrogens is 414 g/mol. The molecular formula is C18H13ClF2N2O4S. The summed E-state index contributed by atoms with van der Waals surface area (Å²) >= 11 is 6.65. The van der Waals surface area contributed by atoms with Crippen molar-refractivity contribution in [2.75, 3.05) is 13.7 Å². The van der Waals surface area contributed by atoms with Crippen molar-refractivity contribution in [1.29, 1.82) is 0 Å². The number of benzene rings is 2. The highest BCUT2D eigenvalue weighted by atomic mass is 35.5. The summed E-state index contributed by atoms with van der Waals surface area (Å²) in [5.74, 6) is -2.57. The zero-order chi connectivity index (χ0) is 20.3. The molecule has 0 saturated carbocycles. The van der Waals surface area contributed by atoms with Gasteiger partial charge in [0.2, 0.25) is 0 Å². The van der Waals surface area contributed by atoms with Crippen LogP contribution in [0.3, 0.4) is 0 Å². The van der Waals surface area contributed by atoms with Gasteiger partial charge in [0.25, 0.3) is 5.91 Å². The second-order valence-corrected chi connectivity index (χ2v) is 6.97.